The zero-order chi connectivity index (χ0) is 18.1. The van der Waals surface area contributed by atoms with E-state index in [-0.39, 0.29) is 11.9 Å². The van der Waals surface area contributed by atoms with Crippen LogP contribution in [0.15, 0.2) is 18.2 Å². The van der Waals surface area contributed by atoms with E-state index in [0.29, 0.717) is 36.7 Å². The minimum Gasteiger partial charge on any atom is -0.493 e. The van der Waals surface area contributed by atoms with Crippen molar-refractivity contribution in [1.82, 2.24) is 15.1 Å². The molecule has 8 heteroatoms. The van der Waals surface area contributed by atoms with Gasteiger partial charge in [-0.1, -0.05) is 0 Å². The molecular weight excluding hydrogens is 336 g/mol. The molecule has 5 amide bonds. The number of imide groups is 1. The Morgan fingerprint density at radius 1 is 1.19 bits per heavy atom. The first-order chi connectivity index (χ1) is 12.6. The van der Waals surface area contributed by atoms with Gasteiger partial charge in [0.05, 0.1) is 12.2 Å². The average molecular weight is 358 g/mol. The maximum Gasteiger partial charge on any atom is 0.330 e. The molecule has 2 fully saturated rings. The lowest BCUT2D eigenvalue weighted by molar-refractivity contribution is 0.0548. The fraction of sp³-hybridized carbons (Fsp3) is 0.500. The zero-order valence-electron chi connectivity index (χ0n) is 14.5. The number of anilines is 1. The summed E-state index contributed by atoms with van der Waals surface area (Å²) in [6.45, 7) is 2.10. The van der Waals surface area contributed by atoms with E-state index in [4.69, 9.17) is 4.74 Å². The standard InChI is InChI=1S/C18H22N4O4/c23-16-14-11-12(20-18(25)22-9-7-19-17(22)24)4-5-15(14)26-10-6-13-3-1-2-8-21(13)16/h4-5,11,13H,1-3,6-10H2,(H,19,24)(H,20,25)/t13-/m0/s1. The molecule has 0 saturated carbocycles. The normalized spacial score (nSPS) is 22.5. The first-order valence-electron chi connectivity index (χ1n) is 9.07. The van der Waals surface area contributed by atoms with E-state index >= 15 is 0 Å². The second-order valence-corrected chi connectivity index (χ2v) is 6.81. The third-order valence-electron chi connectivity index (χ3n) is 5.16. The average Bonchev–Trinajstić information content (AvgIpc) is 3.07. The molecular formula is C18H22N4O4. The highest BCUT2D eigenvalue weighted by Crippen LogP contribution is 2.31. The first kappa shape index (κ1) is 16.7. The number of urea groups is 2. The number of hydrogen-bond donors (Lipinski definition) is 2. The van der Waals surface area contributed by atoms with Gasteiger partial charge in [-0.3, -0.25) is 4.79 Å². The Morgan fingerprint density at radius 3 is 2.88 bits per heavy atom. The molecule has 4 rings (SSSR count). The van der Waals surface area contributed by atoms with Crippen LogP contribution in [0.25, 0.3) is 0 Å². The predicted molar refractivity (Wildman–Crippen MR) is 94.4 cm³/mol. The summed E-state index contributed by atoms with van der Waals surface area (Å²) in [7, 11) is 0. The Morgan fingerprint density at radius 2 is 2.08 bits per heavy atom. The van der Waals surface area contributed by atoms with E-state index in [1.165, 1.54) is 0 Å². The fourth-order valence-electron chi connectivity index (χ4n) is 3.78. The smallest absolute Gasteiger partial charge is 0.330 e. The number of benzene rings is 1. The van der Waals surface area contributed by atoms with E-state index in [0.717, 1.165) is 37.1 Å². The van der Waals surface area contributed by atoms with Crippen LogP contribution in [0.4, 0.5) is 15.3 Å². The van der Waals surface area contributed by atoms with E-state index in [9.17, 15) is 14.4 Å². The lowest BCUT2D eigenvalue weighted by atomic mass is 9.97. The van der Waals surface area contributed by atoms with Crippen molar-refractivity contribution in [2.75, 3.05) is 31.6 Å². The number of amides is 5. The van der Waals surface area contributed by atoms with Crippen molar-refractivity contribution in [3.05, 3.63) is 23.8 Å². The van der Waals surface area contributed by atoms with Gasteiger partial charge < -0.3 is 20.3 Å². The van der Waals surface area contributed by atoms with Crippen LogP contribution in [-0.4, -0.2) is 60.1 Å². The maximum absolute atomic E-state index is 13.0. The molecule has 138 valence electrons. The van der Waals surface area contributed by atoms with Gasteiger partial charge >= 0.3 is 12.1 Å². The summed E-state index contributed by atoms with van der Waals surface area (Å²) in [6.07, 6.45) is 3.99. The van der Waals surface area contributed by atoms with Gasteiger partial charge in [0.15, 0.2) is 0 Å². The van der Waals surface area contributed by atoms with Gasteiger partial charge in [-0.25, -0.2) is 14.5 Å². The lowest BCUT2D eigenvalue weighted by Gasteiger charge is -2.37. The zero-order valence-corrected chi connectivity index (χ0v) is 14.5. The van der Waals surface area contributed by atoms with Crippen LogP contribution in [0.3, 0.4) is 0 Å². The maximum atomic E-state index is 13.0. The molecule has 3 heterocycles. The Balaban J connectivity index is 1.57. The number of nitrogens with one attached hydrogen (secondary N) is 2. The number of carbonyl (C=O) groups is 3. The third-order valence-corrected chi connectivity index (χ3v) is 5.16. The highest BCUT2D eigenvalue weighted by molar-refractivity contribution is 6.03. The molecule has 1 atom stereocenters. The van der Waals surface area contributed by atoms with Crippen molar-refractivity contribution in [2.45, 2.75) is 31.7 Å². The minimum absolute atomic E-state index is 0.0561. The molecule has 3 aliphatic rings. The Labute approximate surface area is 151 Å². The number of hydrogen-bond acceptors (Lipinski definition) is 4. The first-order valence-corrected chi connectivity index (χ1v) is 9.07. The monoisotopic (exact) mass is 358 g/mol. The van der Waals surface area contributed by atoms with Crippen molar-refractivity contribution >= 4 is 23.7 Å². The molecule has 0 spiro atoms. The van der Waals surface area contributed by atoms with Crippen LogP contribution >= 0.6 is 0 Å². The molecule has 0 aliphatic carbocycles. The summed E-state index contributed by atoms with van der Waals surface area (Å²) in [5.41, 5.74) is 0.930. The SMILES string of the molecule is O=C1NCCN1C(=O)Nc1ccc2c(c1)C(=O)N1CCCC[C@H]1CCO2. The van der Waals surface area contributed by atoms with E-state index in [1.54, 1.807) is 18.2 Å². The number of carbonyl (C=O) groups excluding carboxylic acids is 3. The molecule has 3 aliphatic heterocycles. The van der Waals surface area contributed by atoms with Crippen LogP contribution in [0.5, 0.6) is 5.75 Å². The molecule has 0 unspecified atom stereocenters. The van der Waals surface area contributed by atoms with Gasteiger partial charge in [0.25, 0.3) is 5.91 Å². The molecule has 8 nitrogen and oxygen atoms in total. The number of fused-ring (bicyclic) bond motifs is 2. The molecule has 2 N–H and O–H groups in total. The molecule has 0 radical (unpaired) electrons. The molecule has 0 bridgehead atoms. The quantitative estimate of drug-likeness (QED) is 0.803. The molecule has 0 aromatic heterocycles. The van der Waals surface area contributed by atoms with Gasteiger partial charge in [0.1, 0.15) is 5.75 Å². The van der Waals surface area contributed by atoms with Crippen LogP contribution in [0.2, 0.25) is 0 Å². The van der Waals surface area contributed by atoms with Crippen molar-refractivity contribution in [3.63, 3.8) is 0 Å². The summed E-state index contributed by atoms with van der Waals surface area (Å²) in [6, 6.07) is 4.33. The van der Waals surface area contributed by atoms with Gasteiger partial charge in [-0.05, 0) is 37.5 Å². The number of nitrogens with zero attached hydrogens (tertiary/aromatic N) is 2. The topological polar surface area (TPSA) is 91.0 Å². The lowest BCUT2D eigenvalue weighted by Crippen LogP contribution is -2.45. The summed E-state index contributed by atoms with van der Waals surface area (Å²) in [5.74, 6) is 0.482. The van der Waals surface area contributed by atoms with E-state index < -0.39 is 12.1 Å². The second kappa shape index (κ2) is 6.86. The van der Waals surface area contributed by atoms with Gasteiger partial charge in [-0.2, -0.15) is 0 Å². The van der Waals surface area contributed by atoms with Gasteiger partial charge in [0.2, 0.25) is 0 Å². The largest absolute Gasteiger partial charge is 0.493 e. The van der Waals surface area contributed by atoms with Crippen LogP contribution in [0.1, 0.15) is 36.0 Å². The van der Waals surface area contributed by atoms with E-state index in [1.807, 2.05) is 4.90 Å². The molecule has 1 aromatic carbocycles. The van der Waals surface area contributed by atoms with Crippen LogP contribution < -0.4 is 15.4 Å². The van der Waals surface area contributed by atoms with E-state index in [2.05, 4.69) is 10.6 Å². The Hall–Kier alpha value is -2.77. The molecule has 2 saturated heterocycles. The summed E-state index contributed by atoms with van der Waals surface area (Å²) < 4.78 is 5.79. The Kier molecular flexibility index (Phi) is 4.40. The summed E-state index contributed by atoms with van der Waals surface area (Å²) in [4.78, 5) is 39.9. The highest BCUT2D eigenvalue weighted by atomic mass is 16.5. The highest BCUT2D eigenvalue weighted by Gasteiger charge is 2.31. The fourth-order valence-corrected chi connectivity index (χ4v) is 3.78. The van der Waals surface area contributed by atoms with Crippen molar-refractivity contribution in [3.8, 4) is 5.75 Å². The molecule has 26 heavy (non-hydrogen) atoms. The predicted octanol–water partition coefficient (Wildman–Crippen LogP) is 2.02. The third kappa shape index (κ3) is 3.07. The Bertz CT molecular complexity index is 751. The van der Waals surface area contributed by atoms with Gasteiger partial charge in [-0.15, -0.1) is 0 Å². The second-order valence-electron chi connectivity index (χ2n) is 6.81. The van der Waals surface area contributed by atoms with Crippen molar-refractivity contribution < 1.29 is 19.1 Å². The summed E-state index contributed by atoms with van der Waals surface area (Å²) >= 11 is 0. The van der Waals surface area contributed by atoms with Gasteiger partial charge in [0, 0.05) is 37.8 Å². The number of ether oxygens (including phenoxy) is 1. The van der Waals surface area contributed by atoms with Crippen molar-refractivity contribution in [1.29, 1.82) is 0 Å². The molecule has 1 aromatic rings. The van der Waals surface area contributed by atoms with Crippen LogP contribution in [-0.2, 0) is 0 Å². The minimum atomic E-state index is -0.505. The van der Waals surface area contributed by atoms with Crippen LogP contribution in [0, 0.1) is 0 Å². The number of rotatable bonds is 1. The van der Waals surface area contributed by atoms with Crippen molar-refractivity contribution in [2.24, 2.45) is 0 Å². The number of piperidine rings is 1. The summed E-state index contributed by atoms with van der Waals surface area (Å²) in [5, 5.41) is 5.28.